The Morgan fingerprint density at radius 1 is 1.23 bits per heavy atom. The van der Waals surface area contributed by atoms with Crippen molar-refractivity contribution in [1.82, 2.24) is 10.0 Å². The van der Waals surface area contributed by atoms with Gasteiger partial charge < -0.3 is 10.4 Å². The van der Waals surface area contributed by atoms with Crippen molar-refractivity contribution < 1.29 is 23.1 Å². The Morgan fingerprint density at radius 3 is 2.42 bits per heavy atom. The number of amides is 1. The van der Waals surface area contributed by atoms with E-state index in [2.05, 4.69) is 10.0 Å². The number of carboxylic acid groups (broad SMARTS) is 1. The maximum absolute atomic E-state index is 12.4. The minimum atomic E-state index is -3.66. The van der Waals surface area contributed by atoms with Crippen LogP contribution in [0.1, 0.15) is 49.9 Å². The highest BCUT2D eigenvalue weighted by atomic mass is 32.2. The van der Waals surface area contributed by atoms with Gasteiger partial charge >= 0.3 is 5.97 Å². The summed E-state index contributed by atoms with van der Waals surface area (Å²) in [5.74, 6) is -1.04. The lowest BCUT2D eigenvalue weighted by atomic mass is 9.82. The summed E-state index contributed by atoms with van der Waals surface area (Å²) in [6.07, 6.45) is 2.84. The Hall–Kier alpha value is -1.93. The Bertz CT molecular complexity index is 768. The van der Waals surface area contributed by atoms with Crippen molar-refractivity contribution in [3.63, 3.8) is 0 Å². The van der Waals surface area contributed by atoms with Gasteiger partial charge in [0.2, 0.25) is 10.0 Å². The van der Waals surface area contributed by atoms with Crippen LogP contribution in [-0.2, 0) is 14.8 Å². The molecular formula is C18H26N2O5S. The number of aliphatic carboxylic acids is 1. The van der Waals surface area contributed by atoms with Crippen LogP contribution in [0.2, 0.25) is 0 Å². The van der Waals surface area contributed by atoms with E-state index in [0.29, 0.717) is 25.3 Å². The molecule has 1 aromatic carbocycles. The largest absolute Gasteiger partial charge is 0.481 e. The van der Waals surface area contributed by atoms with Crippen LogP contribution in [0.25, 0.3) is 0 Å². The summed E-state index contributed by atoms with van der Waals surface area (Å²) < 4.78 is 27.2. The van der Waals surface area contributed by atoms with Crippen molar-refractivity contribution in [3.05, 3.63) is 29.8 Å². The molecule has 1 saturated carbocycles. The third-order valence-corrected chi connectivity index (χ3v) is 6.48. The van der Waals surface area contributed by atoms with Gasteiger partial charge in [0, 0.05) is 18.7 Å². The number of hydrogen-bond acceptors (Lipinski definition) is 4. The Morgan fingerprint density at radius 2 is 1.88 bits per heavy atom. The van der Waals surface area contributed by atoms with Gasteiger partial charge in [-0.25, -0.2) is 13.1 Å². The summed E-state index contributed by atoms with van der Waals surface area (Å²) in [5, 5.41) is 12.1. The molecule has 1 aromatic rings. The average Bonchev–Trinajstić information content (AvgIpc) is 3.45. The molecule has 3 N–H and O–H groups in total. The minimum absolute atomic E-state index is 0.00885. The molecule has 26 heavy (non-hydrogen) atoms. The van der Waals surface area contributed by atoms with Gasteiger partial charge in [-0.3, -0.25) is 9.59 Å². The van der Waals surface area contributed by atoms with Gasteiger partial charge in [-0.15, -0.1) is 0 Å². The molecule has 0 unspecified atom stereocenters. The fourth-order valence-electron chi connectivity index (χ4n) is 2.67. The van der Waals surface area contributed by atoms with E-state index in [9.17, 15) is 23.1 Å². The Balaban J connectivity index is 2.08. The molecule has 0 aliphatic heterocycles. The Labute approximate surface area is 154 Å². The average molecular weight is 382 g/mol. The van der Waals surface area contributed by atoms with Gasteiger partial charge in [0.25, 0.3) is 5.91 Å². The number of carboxylic acids is 1. The van der Waals surface area contributed by atoms with Gasteiger partial charge in [-0.1, -0.05) is 19.9 Å². The molecule has 1 aliphatic carbocycles. The summed E-state index contributed by atoms with van der Waals surface area (Å²) in [7, 11) is -3.66. The first-order valence-corrected chi connectivity index (χ1v) is 10.3. The molecule has 0 bridgehead atoms. The van der Waals surface area contributed by atoms with Crippen molar-refractivity contribution in [2.45, 2.75) is 44.4 Å². The predicted molar refractivity (Wildman–Crippen MR) is 97.3 cm³/mol. The molecule has 0 spiro atoms. The third kappa shape index (κ3) is 4.82. The molecule has 1 aliphatic rings. The molecule has 2 rings (SSSR count). The van der Waals surface area contributed by atoms with Gasteiger partial charge in [0.05, 0.1) is 10.3 Å². The molecule has 1 fully saturated rings. The van der Waals surface area contributed by atoms with Crippen LogP contribution in [0.4, 0.5) is 0 Å². The second-order valence-electron chi connectivity index (χ2n) is 6.80. The molecule has 8 heteroatoms. The lowest BCUT2D eigenvalue weighted by molar-refractivity contribution is -0.149. The van der Waals surface area contributed by atoms with E-state index in [0.717, 1.165) is 12.8 Å². The second-order valence-corrected chi connectivity index (χ2v) is 8.57. The maximum atomic E-state index is 12.4. The van der Waals surface area contributed by atoms with Gasteiger partial charge in [-0.2, -0.15) is 0 Å². The summed E-state index contributed by atoms with van der Waals surface area (Å²) >= 11 is 0. The first-order chi connectivity index (χ1) is 12.2. The number of benzene rings is 1. The van der Waals surface area contributed by atoms with Crippen LogP contribution in [0.3, 0.4) is 0 Å². The monoisotopic (exact) mass is 382 g/mol. The van der Waals surface area contributed by atoms with E-state index in [-0.39, 0.29) is 17.0 Å². The van der Waals surface area contributed by atoms with Crippen LogP contribution in [0, 0.1) is 11.3 Å². The number of rotatable bonds is 10. The van der Waals surface area contributed by atoms with Crippen molar-refractivity contribution >= 4 is 21.9 Å². The molecule has 0 heterocycles. The van der Waals surface area contributed by atoms with E-state index >= 15 is 0 Å². The number of carbonyl (C=O) groups is 2. The van der Waals surface area contributed by atoms with E-state index in [4.69, 9.17) is 0 Å². The number of carbonyl (C=O) groups excluding carboxylic acids is 1. The first kappa shape index (κ1) is 20.4. The van der Waals surface area contributed by atoms with Crippen LogP contribution >= 0.6 is 0 Å². The van der Waals surface area contributed by atoms with Crippen LogP contribution in [-0.4, -0.2) is 38.5 Å². The zero-order chi connectivity index (χ0) is 19.4. The van der Waals surface area contributed by atoms with Crippen LogP contribution in [0.15, 0.2) is 29.2 Å². The third-order valence-electron chi connectivity index (χ3n) is 5.06. The number of nitrogens with one attached hydrogen (secondary N) is 2. The zero-order valence-corrected chi connectivity index (χ0v) is 15.9. The smallest absolute Gasteiger partial charge is 0.311 e. The molecule has 0 saturated heterocycles. The highest BCUT2D eigenvalue weighted by molar-refractivity contribution is 7.89. The Kier molecular flexibility index (Phi) is 6.41. The fraction of sp³-hybridized carbons (Fsp3) is 0.556. The van der Waals surface area contributed by atoms with Crippen LogP contribution < -0.4 is 10.0 Å². The van der Waals surface area contributed by atoms with Gasteiger partial charge in [-0.05, 0) is 49.8 Å². The van der Waals surface area contributed by atoms with Crippen molar-refractivity contribution in [1.29, 1.82) is 0 Å². The highest BCUT2D eigenvalue weighted by Crippen LogP contribution is 2.28. The quantitative estimate of drug-likeness (QED) is 0.573. The lowest BCUT2D eigenvalue weighted by Gasteiger charge is -2.26. The normalized spacial score (nSPS) is 14.8. The molecule has 144 valence electrons. The predicted octanol–water partition coefficient (Wildman–Crippen LogP) is 2.00. The fourth-order valence-corrected chi connectivity index (χ4v) is 3.83. The van der Waals surface area contributed by atoms with E-state index in [1.54, 1.807) is 13.8 Å². The van der Waals surface area contributed by atoms with Crippen molar-refractivity contribution in [3.8, 4) is 0 Å². The summed E-state index contributed by atoms with van der Waals surface area (Å²) in [6, 6.07) is 5.76. The molecule has 7 nitrogen and oxygen atoms in total. The van der Waals surface area contributed by atoms with E-state index in [1.807, 2.05) is 0 Å². The van der Waals surface area contributed by atoms with Crippen molar-refractivity contribution in [2.75, 3.05) is 13.1 Å². The van der Waals surface area contributed by atoms with Crippen molar-refractivity contribution in [2.24, 2.45) is 11.3 Å². The lowest BCUT2D eigenvalue weighted by Crippen LogP contribution is -2.42. The summed E-state index contributed by atoms with van der Waals surface area (Å²) in [4.78, 5) is 23.9. The number of sulfonamides is 1. The molecule has 0 atom stereocenters. The van der Waals surface area contributed by atoms with Gasteiger partial charge in [0.15, 0.2) is 0 Å². The van der Waals surface area contributed by atoms with Crippen LogP contribution in [0.5, 0.6) is 0 Å². The molecule has 0 aromatic heterocycles. The SMILES string of the molecule is CCC(CC)(CNC(=O)c1cccc(S(=O)(=O)NCC2CC2)c1)C(=O)O. The first-order valence-electron chi connectivity index (χ1n) is 8.85. The highest BCUT2D eigenvalue weighted by Gasteiger charge is 2.35. The number of hydrogen-bond donors (Lipinski definition) is 3. The van der Waals surface area contributed by atoms with Gasteiger partial charge in [0.1, 0.15) is 0 Å². The molecule has 0 radical (unpaired) electrons. The molecular weight excluding hydrogens is 356 g/mol. The topological polar surface area (TPSA) is 113 Å². The second kappa shape index (κ2) is 8.18. The standard InChI is InChI=1S/C18H26N2O5S/c1-3-18(4-2,17(22)23)12-19-16(21)14-6-5-7-15(10-14)26(24,25)20-11-13-8-9-13/h5-7,10,13,20H,3-4,8-9,11-12H2,1-2H3,(H,19,21)(H,22,23). The van der Waals surface area contributed by atoms with E-state index < -0.39 is 27.3 Å². The minimum Gasteiger partial charge on any atom is -0.481 e. The van der Waals surface area contributed by atoms with E-state index in [1.165, 1.54) is 24.3 Å². The summed E-state index contributed by atoms with van der Waals surface area (Å²) in [5.41, 5.74) is -0.837. The summed E-state index contributed by atoms with van der Waals surface area (Å²) in [6.45, 7) is 3.93. The zero-order valence-electron chi connectivity index (χ0n) is 15.1. The molecule has 1 amide bonds. The maximum Gasteiger partial charge on any atom is 0.311 e.